The van der Waals surface area contributed by atoms with Crippen LogP contribution in [0.25, 0.3) is 0 Å². The third kappa shape index (κ3) is 2.67. The molecule has 7 nitrogen and oxygen atoms in total. The fourth-order valence-corrected chi connectivity index (χ4v) is 2.10. The van der Waals surface area contributed by atoms with Crippen LogP contribution >= 0.6 is 0 Å². The summed E-state index contributed by atoms with van der Waals surface area (Å²) in [5.74, 6) is -1.28. The number of aliphatic carboxylic acids is 1. The summed E-state index contributed by atoms with van der Waals surface area (Å²) in [4.78, 5) is 22.4. The lowest BCUT2D eigenvalue weighted by Crippen LogP contribution is -2.68. The Morgan fingerprint density at radius 3 is 2.95 bits per heavy atom. The van der Waals surface area contributed by atoms with Crippen molar-refractivity contribution in [2.45, 2.75) is 25.4 Å². The molecule has 0 unspecified atom stereocenters. The van der Waals surface area contributed by atoms with Crippen molar-refractivity contribution in [1.82, 2.24) is 5.32 Å². The number of carboxylic acids is 1. The number of phenols is 1. The van der Waals surface area contributed by atoms with Crippen molar-refractivity contribution in [3.63, 3.8) is 0 Å². The molecule has 20 heavy (non-hydrogen) atoms. The highest BCUT2D eigenvalue weighted by molar-refractivity contribution is 6.02. The van der Waals surface area contributed by atoms with E-state index in [4.69, 9.17) is 4.74 Å². The molecule has 2 rings (SSSR count). The lowest BCUT2D eigenvalue weighted by Gasteiger charge is -2.13. The number of hydrogen-bond acceptors (Lipinski definition) is 5. The maximum Gasteiger partial charge on any atom is 0.255 e. The Bertz CT molecular complexity index is 558. The van der Waals surface area contributed by atoms with Gasteiger partial charge in [-0.05, 0) is 18.6 Å². The number of carboxylic acid groups (broad SMARTS) is 1. The number of ether oxygens (including phenoxy) is 1. The van der Waals surface area contributed by atoms with E-state index in [1.165, 1.54) is 12.1 Å². The molecule has 1 aliphatic rings. The average Bonchev–Trinajstić information content (AvgIpc) is 2.64. The molecule has 5 N–H and O–H groups in total. The third-order valence-electron chi connectivity index (χ3n) is 3.22. The van der Waals surface area contributed by atoms with Crippen molar-refractivity contribution >= 4 is 11.9 Å². The third-order valence-corrected chi connectivity index (χ3v) is 3.22. The second kappa shape index (κ2) is 5.38. The maximum atomic E-state index is 11.8. The molecule has 1 aliphatic heterocycles. The molecular weight excluding hydrogens is 264 g/mol. The van der Waals surface area contributed by atoms with Crippen LogP contribution in [0.1, 0.15) is 35.3 Å². The van der Waals surface area contributed by atoms with Gasteiger partial charge in [-0.25, -0.2) is 0 Å². The zero-order chi connectivity index (χ0) is 14.9. The molecule has 1 amide bonds. The summed E-state index contributed by atoms with van der Waals surface area (Å²) < 4.78 is 5.42. The number of quaternary nitrogens is 1. The minimum atomic E-state index is -1.25. The Morgan fingerprint density at radius 1 is 1.60 bits per heavy atom. The Balaban J connectivity index is 2.15. The van der Waals surface area contributed by atoms with Crippen LogP contribution < -0.4 is 20.9 Å². The van der Waals surface area contributed by atoms with E-state index in [0.717, 1.165) is 0 Å². The van der Waals surface area contributed by atoms with Crippen molar-refractivity contribution in [1.29, 1.82) is 0 Å². The highest BCUT2D eigenvalue weighted by Crippen LogP contribution is 2.35. The minimum absolute atomic E-state index is 0.00632. The van der Waals surface area contributed by atoms with Crippen molar-refractivity contribution in [2.24, 2.45) is 0 Å². The van der Waals surface area contributed by atoms with Crippen molar-refractivity contribution in [3.8, 4) is 11.5 Å². The number of aromatic hydroxyl groups is 1. The van der Waals surface area contributed by atoms with Gasteiger partial charge in [0.1, 0.15) is 17.5 Å². The van der Waals surface area contributed by atoms with E-state index in [2.05, 4.69) is 11.1 Å². The van der Waals surface area contributed by atoms with Crippen molar-refractivity contribution in [3.05, 3.63) is 23.3 Å². The molecule has 0 saturated heterocycles. The Morgan fingerprint density at radius 2 is 2.30 bits per heavy atom. The maximum absolute atomic E-state index is 11.8. The van der Waals surface area contributed by atoms with Gasteiger partial charge in [0.05, 0.1) is 24.2 Å². The highest BCUT2D eigenvalue weighted by atomic mass is 16.5. The standard InChI is InChI=1S/C13H16N2O5/c1-6-8-4-7(16)5-10(11(8)12(17)15-6)20-3-2-9(14)13(18)19/h4-6,9,16H,2-3,14H2,1H3,(H,15,17)(H,18,19)/t6-,9+/m1/s1. The van der Waals surface area contributed by atoms with E-state index in [0.29, 0.717) is 11.1 Å². The first kappa shape index (κ1) is 14.1. The fraction of sp³-hybridized carbons (Fsp3) is 0.385. The molecular formula is C13H16N2O5. The van der Waals surface area contributed by atoms with Crippen LogP contribution in [0.4, 0.5) is 0 Å². The van der Waals surface area contributed by atoms with Gasteiger partial charge in [0, 0.05) is 12.5 Å². The number of rotatable bonds is 5. The summed E-state index contributed by atoms with van der Waals surface area (Å²) in [6.45, 7) is 1.87. The molecule has 0 aliphatic carbocycles. The number of carbonyl (C=O) groups excluding carboxylic acids is 2. The minimum Gasteiger partial charge on any atom is -0.544 e. The predicted octanol–water partition coefficient (Wildman–Crippen LogP) is -1.67. The number of phenolic OH excluding ortho intramolecular Hbond substituents is 1. The van der Waals surface area contributed by atoms with E-state index >= 15 is 0 Å². The van der Waals surface area contributed by atoms with Crippen LogP contribution in [0.15, 0.2) is 12.1 Å². The first-order chi connectivity index (χ1) is 9.40. The van der Waals surface area contributed by atoms with E-state index < -0.39 is 12.0 Å². The van der Waals surface area contributed by atoms with Gasteiger partial charge >= 0.3 is 0 Å². The van der Waals surface area contributed by atoms with Crippen LogP contribution in [0, 0.1) is 0 Å². The first-order valence-corrected chi connectivity index (χ1v) is 6.24. The molecule has 0 saturated carbocycles. The van der Waals surface area contributed by atoms with Gasteiger partial charge in [0.15, 0.2) is 0 Å². The van der Waals surface area contributed by atoms with Crippen LogP contribution in [-0.2, 0) is 4.79 Å². The van der Waals surface area contributed by atoms with Crippen LogP contribution in [0.5, 0.6) is 11.5 Å². The van der Waals surface area contributed by atoms with Gasteiger partial charge in [0.2, 0.25) is 0 Å². The van der Waals surface area contributed by atoms with Crippen molar-refractivity contribution < 1.29 is 30.3 Å². The zero-order valence-corrected chi connectivity index (χ0v) is 11.0. The Kier molecular flexibility index (Phi) is 3.80. The lowest BCUT2D eigenvalue weighted by molar-refractivity contribution is -0.438. The van der Waals surface area contributed by atoms with Gasteiger partial charge in [-0.15, -0.1) is 0 Å². The number of hydrogen-bond donors (Lipinski definition) is 3. The summed E-state index contributed by atoms with van der Waals surface area (Å²) in [6.07, 6.45) is 0.157. The van der Waals surface area contributed by atoms with Gasteiger partial charge in [-0.1, -0.05) is 0 Å². The summed E-state index contributed by atoms with van der Waals surface area (Å²) >= 11 is 0. The van der Waals surface area contributed by atoms with Gasteiger partial charge in [-0.2, -0.15) is 0 Å². The van der Waals surface area contributed by atoms with E-state index in [1.54, 1.807) is 6.92 Å². The molecule has 0 bridgehead atoms. The number of benzene rings is 1. The normalized spacial score (nSPS) is 18.3. The van der Waals surface area contributed by atoms with Gasteiger partial charge in [-0.3, -0.25) is 4.79 Å². The molecule has 1 aromatic rings. The molecule has 108 valence electrons. The Labute approximate surface area is 115 Å². The molecule has 7 heteroatoms. The van der Waals surface area contributed by atoms with Crippen LogP contribution in [-0.4, -0.2) is 29.6 Å². The second-order valence-corrected chi connectivity index (χ2v) is 4.76. The molecule has 2 atom stereocenters. The number of fused-ring (bicyclic) bond motifs is 1. The summed E-state index contributed by atoms with van der Waals surface area (Å²) in [7, 11) is 0. The van der Waals surface area contributed by atoms with Crippen molar-refractivity contribution in [2.75, 3.05) is 6.61 Å². The van der Waals surface area contributed by atoms with E-state index in [-0.39, 0.29) is 36.5 Å². The predicted molar refractivity (Wildman–Crippen MR) is 65.8 cm³/mol. The number of amides is 1. The molecule has 0 fully saturated rings. The number of carbonyl (C=O) groups is 2. The highest BCUT2D eigenvalue weighted by Gasteiger charge is 2.30. The quantitative estimate of drug-likeness (QED) is 0.594. The SMILES string of the molecule is C[C@H]1NC(=O)c2c(OCC[C@H]([NH3+])C(=O)[O-])cc(O)cc21. The molecule has 0 radical (unpaired) electrons. The molecule has 0 spiro atoms. The van der Waals surface area contributed by atoms with Crippen LogP contribution in [0.2, 0.25) is 0 Å². The molecule has 1 heterocycles. The summed E-state index contributed by atoms with van der Waals surface area (Å²) in [5.41, 5.74) is 4.46. The van der Waals surface area contributed by atoms with Gasteiger partial charge < -0.3 is 30.8 Å². The van der Waals surface area contributed by atoms with E-state index in [9.17, 15) is 19.8 Å². The smallest absolute Gasteiger partial charge is 0.255 e. The largest absolute Gasteiger partial charge is 0.544 e. The van der Waals surface area contributed by atoms with Crippen LogP contribution in [0.3, 0.4) is 0 Å². The first-order valence-electron chi connectivity index (χ1n) is 6.24. The number of nitrogens with one attached hydrogen (secondary N) is 1. The van der Waals surface area contributed by atoms with E-state index in [1.807, 2.05) is 0 Å². The fourth-order valence-electron chi connectivity index (χ4n) is 2.10. The average molecular weight is 280 g/mol. The molecule has 1 aromatic carbocycles. The Hall–Kier alpha value is -2.28. The topological polar surface area (TPSA) is 126 Å². The zero-order valence-electron chi connectivity index (χ0n) is 11.0. The van der Waals surface area contributed by atoms with Gasteiger partial charge in [0.25, 0.3) is 5.91 Å². The second-order valence-electron chi connectivity index (χ2n) is 4.76. The summed E-state index contributed by atoms with van der Waals surface area (Å²) in [6, 6.07) is 1.77. The molecule has 0 aromatic heterocycles. The lowest BCUT2D eigenvalue weighted by atomic mass is 10.0. The summed E-state index contributed by atoms with van der Waals surface area (Å²) in [5, 5.41) is 22.9. The monoisotopic (exact) mass is 280 g/mol.